The third-order valence-electron chi connectivity index (χ3n) is 2.98. The number of anilines is 1. The molecule has 0 spiro atoms. The molecule has 6 heteroatoms. The molecule has 1 heterocycles. The van der Waals surface area contributed by atoms with Crippen molar-refractivity contribution in [2.45, 2.75) is 18.9 Å². The Bertz CT molecular complexity index is 530. The Labute approximate surface area is 108 Å². The Hall–Kier alpha value is -1.95. The molecule has 2 amide bonds. The van der Waals surface area contributed by atoms with Crippen LogP contribution in [0.15, 0.2) is 30.5 Å². The number of amides is 2. The van der Waals surface area contributed by atoms with Crippen LogP contribution >= 0.6 is 11.5 Å². The molecule has 92 valence electrons. The molecule has 0 saturated carbocycles. The van der Waals surface area contributed by atoms with Gasteiger partial charge < -0.3 is 5.32 Å². The van der Waals surface area contributed by atoms with Crippen molar-refractivity contribution in [2.75, 3.05) is 5.32 Å². The Morgan fingerprint density at radius 1 is 1.28 bits per heavy atom. The number of carbonyl (C=O) groups is 1. The number of benzene rings is 1. The third-order valence-corrected chi connectivity index (χ3v) is 3.56. The Morgan fingerprint density at radius 2 is 2.00 bits per heavy atom. The number of nitrogens with one attached hydrogen (secondary N) is 2. The van der Waals surface area contributed by atoms with Crippen molar-refractivity contribution in [1.82, 2.24) is 14.9 Å². The molecule has 0 atom stereocenters. The Balaban J connectivity index is 1.58. The maximum Gasteiger partial charge on any atom is 0.320 e. The SMILES string of the molecule is O=C(Nc1cnns1)NC1Cc2ccccc2C1. The highest BCUT2D eigenvalue weighted by atomic mass is 32.1. The molecule has 0 aliphatic heterocycles. The van der Waals surface area contributed by atoms with Gasteiger partial charge in [-0.25, -0.2) is 4.79 Å². The van der Waals surface area contributed by atoms with Crippen LogP contribution in [-0.2, 0) is 12.8 Å². The number of hydrogen-bond acceptors (Lipinski definition) is 4. The predicted molar refractivity (Wildman–Crippen MR) is 69.7 cm³/mol. The fourth-order valence-corrected chi connectivity index (χ4v) is 2.63. The summed E-state index contributed by atoms with van der Waals surface area (Å²) >= 11 is 1.16. The van der Waals surface area contributed by atoms with Crippen LogP contribution < -0.4 is 10.6 Å². The van der Waals surface area contributed by atoms with Gasteiger partial charge in [0.25, 0.3) is 0 Å². The van der Waals surface area contributed by atoms with Gasteiger partial charge in [-0.3, -0.25) is 5.32 Å². The molecule has 3 rings (SSSR count). The van der Waals surface area contributed by atoms with E-state index in [1.807, 2.05) is 12.1 Å². The molecule has 0 unspecified atom stereocenters. The van der Waals surface area contributed by atoms with Gasteiger partial charge in [-0.1, -0.05) is 28.8 Å². The summed E-state index contributed by atoms with van der Waals surface area (Å²) in [5.41, 5.74) is 2.64. The van der Waals surface area contributed by atoms with E-state index in [9.17, 15) is 4.79 Å². The van der Waals surface area contributed by atoms with Crippen molar-refractivity contribution >= 4 is 22.6 Å². The first kappa shape index (κ1) is 11.2. The number of hydrogen-bond donors (Lipinski definition) is 2. The highest BCUT2D eigenvalue weighted by molar-refractivity contribution is 7.10. The minimum Gasteiger partial charge on any atom is -0.334 e. The van der Waals surface area contributed by atoms with Crippen molar-refractivity contribution in [3.8, 4) is 0 Å². The number of urea groups is 1. The summed E-state index contributed by atoms with van der Waals surface area (Å²) in [7, 11) is 0. The van der Waals surface area contributed by atoms with Gasteiger partial charge in [0, 0.05) is 17.6 Å². The molecular weight excluding hydrogens is 248 g/mol. The van der Waals surface area contributed by atoms with Crippen molar-refractivity contribution in [3.63, 3.8) is 0 Å². The lowest BCUT2D eigenvalue weighted by Crippen LogP contribution is -2.38. The van der Waals surface area contributed by atoms with Gasteiger partial charge >= 0.3 is 6.03 Å². The molecule has 0 bridgehead atoms. The molecule has 0 radical (unpaired) electrons. The summed E-state index contributed by atoms with van der Waals surface area (Å²) in [4.78, 5) is 11.7. The average molecular weight is 260 g/mol. The summed E-state index contributed by atoms with van der Waals surface area (Å²) in [6.07, 6.45) is 3.32. The highest BCUT2D eigenvalue weighted by Gasteiger charge is 2.22. The van der Waals surface area contributed by atoms with Crippen LogP contribution in [0.3, 0.4) is 0 Å². The van der Waals surface area contributed by atoms with Crippen molar-refractivity contribution in [2.24, 2.45) is 0 Å². The molecule has 1 aliphatic rings. The Morgan fingerprint density at radius 3 is 2.61 bits per heavy atom. The number of nitrogens with zero attached hydrogens (tertiary/aromatic N) is 2. The normalized spacial score (nSPS) is 14.2. The van der Waals surface area contributed by atoms with Gasteiger partial charge in [0.05, 0.1) is 6.20 Å². The molecule has 0 fully saturated rings. The lowest BCUT2D eigenvalue weighted by molar-refractivity contribution is 0.249. The maximum atomic E-state index is 11.7. The zero-order valence-corrected chi connectivity index (χ0v) is 10.4. The number of carbonyl (C=O) groups excluding carboxylic acids is 1. The predicted octanol–water partition coefficient (Wildman–Crippen LogP) is 1.83. The zero-order valence-electron chi connectivity index (χ0n) is 9.59. The lowest BCUT2D eigenvalue weighted by Gasteiger charge is -2.11. The molecular formula is C12H12N4OS. The fraction of sp³-hybridized carbons (Fsp3) is 0.250. The molecule has 1 aromatic heterocycles. The number of rotatable bonds is 2. The van der Waals surface area contributed by atoms with E-state index in [-0.39, 0.29) is 12.1 Å². The van der Waals surface area contributed by atoms with Crippen molar-refractivity contribution < 1.29 is 4.79 Å². The van der Waals surface area contributed by atoms with E-state index in [4.69, 9.17) is 0 Å². The highest BCUT2D eigenvalue weighted by Crippen LogP contribution is 2.21. The molecule has 1 aromatic carbocycles. The first-order valence-electron chi connectivity index (χ1n) is 5.73. The van der Waals surface area contributed by atoms with Gasteiger partial charge in [0.1, 0.15) is 5.00 Å². The van der Waals surface area contributed by atoms with Crippen LogP contribution in [0.25, 0.3) is 0 Å². The molecule has 1 aliphatic carbocycles. The topological polar surface area (TPSA) is 66.9 Å². The van der Waals surface area contributed by atoms with Gasteiger partial charge in [-0.05, 0) is 24.0 Å². The smallest absolute Gasteiger partial charge is 0.320 e. The summed E-state index contributed by atoms with van der Waals surface area (Å²) in [5.74, 6) is 0. The summed E-state index contributed by atoms with van der Waals surface area (Å²) in [6.45, 7) is 0. The van der Waals surface area contributed by atoms with E-state index < -0.39 is 0 Å². The summed E-state index contributed by atoms with van der Waals surface area (Å²) < 4.78 is 3.69. The van der Waals surface area contributed by atoms with Crippen LogP contribution in [0.5, 0.6) is 0 Å². The van der Waals surface area contributed by atoms with Gasteiger partial charge in [0.15, 0.2) is 0 Å². The van der Waals surface area contributed by atoms with Crippen LogP contribution in [0, 0.1) is 0 Å². The van der Waals surface area contributed by atoms with E-state index in [1.54, 1.807) is 0 Å². The van der Waals surface area contributed by atoms with E-state index >= 15 is 0 Å². The van der Waals surface area contributed by atoms with Crippen LogP contribution in [0.4, 0.5) is 9.80 Å². The molecule has 5 nitrogen and oxygen atoms in total. The Kier molecular flexibility index (Phi) is 2.93. The number of fused-ring (bicyclic) bond motifs is 1. The zero-order chi connectivity index (χ0) is 12.4. The first-order valence-corrected chi connectivity index (χ1v) is 6.50. The van der Waals surface area contributed by atoms with E-state index in [0.717, 1.165) is 24.4 Å². The average Bonchev–Trinajstić information content (AvgIpc) is 2.96. The molecule has 0 saturated heterocycles. The van der Waals surface area contributed by atoms with Crippen LogP contribution in [-0.4, -0.2) is 21.7 Å². The lowest BCUT2D eigenvalue weighted by atomic mass is 10.1. The minimum absolute atomic E-state index is 0.170. The van der Waals surface area contributed by atoms with Crippen LogP contribution in [0.1, 0.15) is 11.1 Å². The summed E-state index contributed by atoms with van der Waals surface area (Å²) in [6, 6.07) is 8.26. The van der Waals surface area contributed by atoms with Crippen LogP contribution in [0.2, 0.25) is 0 Å². The van der Waals surface area contributed by atoms with Gasteiger partial charge in [-0.2, -0.15) is 0 Å². The van der Waals surface area contributed by atoms with E-state index in [1.165, 1.54) is 17.3 Å². The van der Waals surface area contributed by atoms with Crippen molar-refractivity contribution in [3.05, 3.63) is 41.6 Å². The second-order valence-corrected chi connectivity index (χ2v) is 5.04. The minimum atomic E-state index is -0.196. The van der Waals surface area contributed by atoms with Crippen molar-refractivity contribution in [1.29, 1.82) is 0 Å². The van der Waals surface area contributed by atoms with E-state index in [2.05, 4.69) is 32.4 Å². The molecule has 18 heavy (non-hydrogen) atoms. The third kappa shape index (κ3) is 2.33. The molecule has 2 N–H and O–H groups in total. The quantitative estimate of drug-likeness (QED) is 0.865. The molecule has 2 aromatic rings. The van der Waals surface area contributed by atoms with E-state index in [0.29, 0.717) is 5.00 Å². The standard InChI is InChI=1S/C12H12N4OS/c17-12(15-11-7-13-16-18-11)14-10-5-8-3-1-2-4-9(8)6-10/h1-4,7,10H,5-6H2,(H2,14,15,17). The number of aromatic nitrogens is 2. The summed E-state index contributed by atoms with van der Waals surface area (Å²) in [5, 5.41) is 10.0. The second kappa shape index (κ2) is 4.73. The monoisotopic (exact) mass is 260 g/mol. The fourth-order valence-electron chi connectivity index (χ4n) is 2.22. The first-order chi connectivity index (χ1) is 8.81. The largest absolute Gasteiger partial charge is 0.334 e. The second-order valence-electron chi connectivity index (χ2n) is 4.25. The maximum absolute atomic E-state index is 11.7. The van der Waals surface area contributed by atoms with Gasteiger partial charge in [-0.15, -0.1) is 5.10 Å². The van der Waals surface area contributed by atoms with Gasteiger partial charge in [0.2, 0.25) is 0 Å².